The summed E-state index contributed by atoms with van der Waals surface area (Å²) in [6, 6.07) is 2.87. The number of amides is 1. The summed E-state index contributed by atoms with van der Waals surface area (Å²) in [5, 5.41) is 11.2. The zero-order chi connectivity index (χ0) is 14.9. The summed E-state index contributed by atoms with van der Waals surface area (Å²) >= 11 is 7.84. The minimum Gasteiger partial charge on any atom is -0.480 e. The van der Waals surface area contributed by atoms with Crippen molar-refractivity contribution in [3.05, 3.63) is 27.3 Å². The van der Waals surface area contributed by atoms with Crippen molar-refractivity contribution in [2.75, 3.05) is 0 Å². The first-order valence-corrected chi connectivity index (χ1v) is 8.05. The summed E-state index contributed by atoms with van der Waals surface area (Å²) in [6.07, 6.45) is 1.75. The van der Waals surface area contributed by atoms with Crippen molar-refractivity contribution in [1.82, 2.24) is 4.90 Å². The second-order valence-electron chi connectivity index (χ2n) is 4.59. The number of aliphatic carboxylic acids is 1. The SMILES string of the molecule is CC(C)C(C(=O)O)N1C(=O)/C(=C/c2cccs2)SC1=S. The normalized spacial score (nSPS) is 19.1. The fourth-order valence-corrected chi connectivity index (χ4v) is 3.97. The van der Waals surface area contributed by atoms with Crippen LogP contribution in [0.15, 0.2) is 22.4 Å². The highest BCUT2D eigenvalue weighted by Gasteiger charge is 2.41. The van der Waals surface area contributed by atoms with Gasteiger partial charge in [-0.2, -0.15) is 0 Å². The van der Waals surface area contributed by atoms with E-state index in [2.05, 4.69) is 0 Å². The number of carbonyl (C=O) groups is 2. The van der Waals surface area contributed by atoms with Crippen molar-refractivity contribution in [2.24, 2.45) is 5.92 Å². The second kappa shape index (κ2) is 6.07. The lowest BCUT2D eigenvalue weighted by Gasteiger charge is -2.26. The van der Waals surface area contributed by atoms with Gasteiger partial charge in [-0.1, -0.05) is 43.9 Å². The van der Waals surface area contributed by atoms with Gasteiger partial charge in [0.2, 0.25) is 0 Å². The molecule has 2 rings (SSSR count). The van der Waals surface area contributed by atoms with Crippen LogP contribution in [0.5, 0.6) is 0 Å². The first kappa shape index (κ1) is 15.2. The van der Waals surface area contributed by atoms with Crippen LogP contribution in [0.4, 0.5) is 0 Å². The van der Waals surface area contributed by atoms with Crippen LogP contribution in [-0.4, -0.2) is 32.2 Å². The average Bonchev–Trinajstić information content (AvgIpc) is 2.93. The molecule has 1 atom stereocenters. The van der Waals surface area contributed by atoms with Gasteiger partial charge in [0.25, 0.3) is 5.91 Å². The Morgan fingerprint density at radius 2 is 2.20 bits per heavy atom. The van der Waals surface area contributed by atoms with Crippen molar-refractivity contribution in [3.63, 3.8) is 0 Å². The van der Waals surface area contributed by atoms with Gasteiger partial charge >= 0.3 is 5.97 Å². The van der Waals surface area contributed by atoms with Crippen molar-refractivity contribution in [2.45, 2.75) is 19.9 Å². The zero-order valence-electron chi connectivity index (χ0n) is 10.9. The predicted octanol–water partition coefficient (Wildman–Crippen LogP) is 3.06. The molecule has 1 fully saturated rings. The summed E-state index contributed by atoms with van der Waals surface area (Å²) < 4.78 is 0.305. The largest absolute Gasteiger partial charge is 0.480 e. The fourth-order valence-electron chi connectivity index (χ4n) is 1.92. The molecule has 7 heteroatoms. The summed E-state index contributed by atoms with van der Waals surface area (Å²) in [4.78, 5) is 26.4. The maximum atomic E-state index is 12.4. The number of hydrogen-bond acceptors (Lipinski definition) is 5. The maximum Gasteiger partial charge on any atom is 0.327 e. The number of nitrogens with zero attached hydrogens (tertiary/aromatic N) is 1. The van der Waals surface area contributed by atoms with Gasteiger partial charge in [0.1, 0.15) is 10.4 Å². The molecule has 20 heavy (non-hydrogen) atoms. The molecule has 4 nitrogen and oxygen atoms in total. The van der Waals surface area contributed by atoms with Crippen LogP contribution in [0.2, 0.25) is 0 Å². The second-order valence-corrected chi connectivity index (χ2v) is 7.25. The van der Waals surface area contributed by atoms with Crippen molar-refractivity contribution >= 4 is 57.6 Å². The van der Waals surface area contributed by atoms with Crippen molar-refractivity contribution < 1.29 is 14.7 Å². The molecule has 2 heterocycles. The van der Waals surface area contributed by atoms with Crippen LogP contribution in [-0.2, 0) is 9.59 Å². The Balaban J connectivity index is 2.31. The quantitative estimate of drug-likeness (QED) is 0.680. The van der Waals surface area contributed by atoms with Crippen LogP contribution in [0.1, 0.15) is 18.7 Å². The lowest BCUT2D eigenvalue weighted by Crippen LogP contribution is -2.47. The van der Waals surface area contributed by atoms with Crippen LogP contribution in [0, 0.1) is 5.92 Å². The average molecular weight is 327 g/mol. The third-order valence-electron chi connectivity index (χ3n) is 2.80. The Kier molecular flexibility index (Phi) is 4.62. The highest BCUT2D eigenvalue weighted by molar-refractivity contribution is 8.26. The van der Waals surface area contributed by atoms with Gasteiger partial charge in [0.15, 0.2) is 0 Å². The van der Waals surface area contributed by atoms with E-state index in [1.165, 1.54) is 16.2 Å². The number of rotatable bonds is 4. The Bertz CT molecular complexity index is 578. The molecule has 1 aliphatic heterocycles. The van der Waals surface area contributed by atoms with Gasteiger partial charge in [0, 0.05) is 4.88 Å². The van der Waals surface area contributed by atoms with E-state index in [4.69, 9.17) is 12.2 Å². The van der Waals surface area contributed by atoms with E-state index >= 15 is 0 Å². The summed E-state index contributed by atoms with van der Waals surface area (Å²) in [7, 11) is 0. The molecule has 106 valence electrons. The number of carboxylic acid groups (broad SMARTS) is 1. The zero-order valence-corrected chi connectivity index (χ0v) is 13.3. The van der Waals surface area contributed by atoms with Gasteiger partial charge in [0.05, 0.1) is 4.91 Å². The molecule has 1 aromatic heterocycles. The number of thioether (sulfide) groups is 1. The van der Waals surface area contributed by atoms with Crippen LogP contribution in [0.25, 0.3) is 6.08 Å². The van der Waals surface area contributed by atoms with Gasteiger partial charge in [-0.25, -0.2) is 4.79 Å². The molecule has 1 aromatic rings. The Labute approximate surface area is 130 Å². The van der Waals surface area contributed by atoms with E-state index in [-0.39, 0.29) is 11.8 Å². The molecule has 1 aliphatic rings. The summed E-state index contributed by atoms with van der Waals surface area (Å²) in [5.41, 5.74) is 0. The molecule has 1 unspecified atom stereocenters. The molecule has 1 N–H and O–H groups in total. The first-order chi connectivity index (χ1) is 9.41. The van der Waals surface area contributed by atoms with E-state index in [1.807, 2.05) is 17.5 Å². The minimum atomic E-state index is -1.03. The Morgan fingerprint density at radius 1 is 1.50 bits per heavy atom. The number of carboxylic acids is 1. The van der Waals surface area contributed by atoms with Crippen LogP contribution < -0.4 is 0 Å². The lowest BCUT2D eigenvalue weighted by molar-refractivity contribution is -0.146. The first-order valence-electron chi connectivity index (χ1n) is 5.95. The molecule has 0 aliphatic carbocycles. The molecule has 1 amide bonds. The molecule has 1 saturated heterocycles. The monoisotopic (exact) mass is 327 g/mol. The van der Waals surface area contributed by atoms with Gasteiger partial charge in [-0.15, -0.1) is 11.3 Å². The molecule has 0 bridgehead atoms. The highest BCUT2D eigenvalue weighted by atomic mass is 32.2. The van der Waals surface area contributed by atoms with Gasteiger partial charge in [-0.05, 0) is 23.4 Å². The van der Waals surface area contributed by atoms with E-state index in [0.717, 1.165) is 16.6 Å². The van der Waals surface area contributed by atoms with E-state index in [9.17, 15) is 14.7 Å². The van der Waals surface area contributed by atoms with Crippen LogP contribution >= 0.6 is 35.3 Å². The molecule has 0 radical (unpaired) electrons. The van der Waals surface area contributed by atoms with Crippen molar-refractivity contribution in [1.29, 1.82) is 0 Å². The molecule has 0 aromatic carbocycles. The van der Waals surface area contributed by atoms with E-state index in [1.54, 1.807) is 19.9 Å². The molecule has 0 saturated carbocycles. The van der Waals surface area contributed by atoms with Gasteiger partial charge < -0.3 is 5.11 Å². The number of thiocarbonyl (C=S) groups is 1. The highest BCUT2D eigenvalue weighted by Crippen LogP contribution is 2.35. The number of hydrogen-bond donors (Lipinski definition) is 1. The summed E-state index contributed by atoms with van der Waals surface area (Å²) in [6.45, 7) is 3.53. The molecular formula is C13H13NO3S3. The van der Waals surface area contributed by atoms with Crippen LogP contribution in [0.3, 0.4) is 0 Å². The Hall–Kier alpha value is -1.18. The van der Waals surface area contributed by atoms with Crippen molar-refractivity contribution in [3.8, 4) is 0 Å². The van der Waals surface area contributed by atoms with E-state index < -0.39 is 12.0 Å². The lowest BCUT2D eigenvalue weighted by atomic mass is 10.0. The predicted molar refractivity (Wildman–Crippen MR) is 85.6 cm³/mol. The standard InChI is InChI=1S/C13H13NO3S3/c1-7(2)10(12(16)17)14-11(15)9(20-13(14)18)6-8-4-3-5-19-8/h3-7,10H,1-2H3,(H,16,17)/b9-6-. The third-order valence-corrected chi connectivity index (χ3v) is 4.95. The summed E-state index contributed by atoms with van der Waals surface area (Å²) in [5.74, 6) is -1.57. The smallest absolute Gasteiger partial charge is 0.327 e. The molecule has 0 spiro atoms. The molecular weight excluding hydrogens is 314 g/mol. The van der Waals surface area contributed by atoms with Gasteiger partial charge in [-0.3, -0.25) is 9.69 Å². The number of thiophene rings is 1. The Morgan fingerprint density at radius 3 is 2.70 bits per heavy atom. The topological polar surface area (TPSA) is 57.6 Å². The minimum absolute atomic E-state index is 0.212. The third kappa shape index (κ3) is 2.94. The fraction of sp³-hybridized carbons (Fsp3) is 0.308. The van der Waals surface area contributed by atoms with E-state index in [0.29, 0.717) is 9.23 Å². The maximum absolute atomic E-state index is 12.4. The number of carbonyl (C=O) groups excluding carboxylic acids is 1.